The normalized spacial score (nSPS) is 13.9. The standard InChI is InChI=1S/C27H28ClFN6O2.C21H24BrN5O2/c1-15-10-16(4-8-19(15)26(36)32-18-6-7-18)23-13-30-25-22(31-14-27(2,3)37)12-24(34-35(23)25)33-21-9-5-17(29)11-20(21)28;1-12-8-13(4-7-15(12)20(28)25-14-5-6-14)17-10-23-19-16(24-11-21(2,3)29)9-18(22)26-27(17)19/h4-5,8-13,18,31,37H,6-7,14H2,1-3H3,(H,32,36)(H,33,34);4,7-10,14,24,29H,5-6,11H2,1-3H3,(H,25,28). The lowest BCUT2D eigenvalue weighted by Gasteiger charge is -2.19. The van der Waals surface area contributed by atoms with Crippen molar-refractivity contribution >= 4 is 73.5 Å². The molecule has 4 heterocycles. The highest BCUT2D eigenvalue weighted by Crippen LogP contribution is 2.32. The maximum atomic E-state index is 13.5. The van der Waals surface area contributed by atoms with Crippen LogP contribution >= 0.6 is 27.5 Å². The summed E-state index contributed by atoms with van der Waals surface area (Å²) < 4.78 is 17.6. The molecule has 2 saturated carbocycles. The Labute approximate surface area is 394 Å². The SMILES string of the molecule is Cc1cc(-c2cnc3c(NCC(C)(C)O)cc(Br)nn23)ccc1C(=O)NC1CC1.Cc1cc(-c2cnc3c(NCC(C)(C)O)cc(Nc4ccc(F)cc4Cl)nn23)ccc1C(=O)NC1CC1. The Morgan fingerprint density at radius 1 is 0.712 bits per heavy atom. The predicted octanol–water partition coefficient (Wildman–Crippen LogP) is 8.86. The van der Waals surface area contributed by atoms with E-state index in [1.807, 2.05) is 56.3 Å². The first kappa shape index (κ1) is 46.4. The minimum Gasteiger partial charge on any atom is -0.389 e. The molecule has 0 aliphatic heterocycles. The number of halogens is 3. The van der Waals surface area contributed by atoms with Crippen molar-refractivity contribution in [1.82, 2.24) is 39.8 Å². The summed E-state index contributed by atoms with van der Waals surface area (Å²) in [4.78, 5) is 34.1. The summed E-state index contributed by atoms with van der Waals surface area (Å²) in [5.74, 6) is -0.0825. The molecular formula is C48H52BrClFN11O4. The number of carbonyl (C=O) groups is 2. The van der Waals surface area contributed by atoms with E-state index < -0.39 is 17.0 Å². The zero-order chi connectivity index (χ0) is 47.1. The van der Waals surface area contributed by atoms with Crippen molar-refractivity contribution in [2.45, 2.75) is 90.5 Å². The van der Waals surface area contributed by atoms with E-state index in [9.17, 15) is 24.2 Å². The van der Waals surface area contributed by atoms with Gasteiger partial charge in [0.15, 0.2) is 17.1 Å². The number of aromatic nitrogens is 6. The number of fused-ring (bicyclic) bond motifs is 2. The summed E-state index contributed by atoms with van der Waals surface area (Å²) in [6, 6.07) is 19.7. The van der Waals surface area contributed by atoms with Crippen molar-refractivity contribution in [3.63, 3.8) is 0 Å². The molecule has 344 valence electrons. The number of amides is 2. The van der Waals surface area contributed by atoms with Gasteiger partial charge in [-0.3, -0.25) is 9.59 Å². The van der Waals surface area contributed by atoms with Crippen LogP contribution in [0.25, 0.3) is 33.8 Å². The predicted molar refractivity (Wildman–Crippen MR) is 259 cm³/mol. The molecule has 66 heavy (non-hydrogen) atoms. The molecule has 7 N–H and O–H groups in total. The Morgan fingerprint density at radius 3 is 1.65 bits per heavy atom. The number of hydrogen-bond donors (Lipinski definition) is 7. The van der Waals surface area contributed by atoms with Gasteiger partial charge in [0.25, 0.3) is 11.8 Å². The van der Waals surface area contributed by atoms with Gasteiger partial charge in [0, 0.05) is 53.5 Å². The molecule has 7 aromatic rings. The first-order chi connectivity index (χ1) is 31.3. The third-order valence-corrected chi connectivity index (χ3v) is 11.6. The van der Waals surface area contributed by atoms with Crippen LogP contribution < -0.4 is 26.6 Å². The number of anilines is 4. The van der Waals surface area contributed by atoms with E-state index >= 15 is 0 Å². The van der Waals surface area contributed by atoms with E-state index in [0.29, 0.717) is 62.5 Å². The molecule has 2 amide bonds. The maximum Gasteiger partial charge on any atom is 0.251 e. The van der Waals surface area contributed by atoms with Crippen LogP contribution in [0, 0.1) is 19.7 Å². The fraction of sp³-hybridized carbons (Fsp3) is 0.333. The van der Waals surface area contributed by atoms with E-state index in [2.05, 4.69) is 57.6 Å². The maximum absolute atomic E-state index is 13.5. The van der Waals surface area contributed by atoms with Crippen molar-refractivity contribution in [2.75, 3.05) is 29.0 Å². The topological polar surface area (TPSA) is 195 Å². The molecule has 9 rings (SSSR count). The summed E-state index contributed by atoms with van der Waals surface area (Å²) in [7, 11) is 0. The highest BCUT2D eigenvalue weighted by molar-refractivity contribution is 9.10. The molecule has 18 heteroatoms. The number of hydrogen-bond acceptors (Lipinski definition) is 11. The first-order valence-electron chi connectivity index (χ1n) is 21.7. The highest BCUT2D eigenvalue weighted by Gasteiger charge is 2.26. The largest absolute Gasteiger partial charge is 0.389 e. The summed E-state index contributed by atoms with van der Waals surface area (Å²) in [6.45, 7) is 11.4. The fourth-order valence-electron chi connectivity index (χ4n) is 7.11. The molecule has 0 radical (unpaired) electrons. The number of nitrogens with one attached hydrogen (secondary N) is 5. The summed E-state index contributed by atoms with van der Waals surface area (Å²) >= 11 is 9.68. The van der Waals surface area contributed by atoms with Crippen LogP contribution in [0.15, 0.2) is 83.7 Å². The zero-order valence-corrected chi connectivity index (χ0v) is 39.8. The average Bonchev–Trinajstić information content (AvgIpc) is 4.16. The number of nitrogens with zero attached hydrogens (tertiary/aromatic N) is 6. The van der Waals surface area contributed by atoms with Gasteiger partial charge in [-0.1, -0.05) is 23.7 Å². The average molecular weight is 981 g/mol. The Balaban J connectivity index is 0.000000185. The number of carbonyl (C=O) groups excluding carboxylic acids is 2. The zero-order valence-electron chi connectivity index (χ0n) is 37.4. The van der Waals surface area contributed by atoms with Crippen molar-refractivity contribution in [3.8, 4) is 22.5 Å². The van der Waals surface area contributed by atoms with Gasteiger partial charge in [0.2, 0.25) is 0 Å². The second-order valence-corrected chi connectivity index (χ2v) is 19.4. The minimum atomic E-state index is -0.961. The van der Waals surface area contributed by atoms with Gasteiger partial charge in [-0.05, 0) is 143 Å². The van der Waals surface area contributed by atoms with Crippen LogP contribution in [0.2, 0.25) is 5.02 Å². The lowest BCUT2D eigenvalue weighted by molar-refractivity contribution is 0.0939. The van der Waals surface area contributed by atoms with Crippen molar-refractivity contribution in [2.24, 2.45) is 0 Å². The van der Waals surface area contributed by atoms with E-state index in [1.54, 1.807) is 55.2 Å². The van der Waals surface area contributed by atoms with Crippen LogP contribution in [0.1, 0.15) is 85.2 Å². The van der Waals surface area contributed by atoms with Crippen molar-refractivity contribution in [3.05, 3.63) is 117 Å². The molecule has 2 fully saturated rings. The Kier molecular flexibility index (Phi) is 13.1. The van der Waals surface area contributed by atoms with Crippen LogP contribution in [0.3, 0.4) is 0 Å². The molecule has 15 nitrogen and oxygen atoms in total. The van der Waals surface area contributed by atoms with Crippen LogP contribution in [-0.2, 0) is 0 Å². The molecule has 2 aliphatic carbocycles. The highest BCUT2D eigenvalue weighted by atomic mass is 79.9. The second kappa shape index (κ2) is 18.6. The van der Waals surface area contributed by atoms with Gasteiger partial charge >= 0.3 is 0 Å². The van der Waals surface area contributed by atoms with Crippen LogP contribution in [-0.4, -0.2) is 87.6 Å². The van der Waals surface area contributed by atoms with E-state index in [1.165, 1.54) is 18.2 Å². The number of aliphatic hydroxyl groups is 2. The monoisotopic (exact) mass is 979 g/mol. The molecule has 0 bridgehead atoms. The number of benzene rings is 3. The van der Waals surface area contributed by atoms with Gasteiger partial charge in [0.05, 0.1) is 57.1 Å². The fourth-order valence-corrected chi connectivity index (χ4v) is 7.71. The van der Waals surface area contributed by atoms with Crippen LogP contribution in [0.5, 0.6) is 0 Å². The summed E-state index contributed by atoms with van der Waals surface area (Å²) in [5.41, 5.74) is 7.71. The number of rotatable bonds is 14. The lowest BCUT2D eigenvalue weighted by atomic mass is 10.0. The van der Waals surface area contributed by atoms with Crippen LogP contribution in [0.4, 0.5) is 27.3 Å². The molecule has 0 unspecified atom stereocenters. The molecular weight excluding hydrogens is 929 g/mol. The first-order valence-corrected chi connectivity index (χ1v) is 22.9. The Morgan fingerprint density at radius 2 is 1.20 bits per heavy atom. The molecule has 0 saturated heterocycles. The van der Waals surface area contributed by atoms with E-state index in [0.717, 1.165) is 59.3 Å². The van der Waals surface area contributed by atoms with Gasteiger partial charge in [-0.15, -0.1) is 5.10 Å². The Bertz CT molecular complexity index is 2970. The van der Waals surface area contributed by atoms with Gasteiger partial charge in [0.1, 0.15) is 10.4 Å². The molecule has 0 atom stereocenters. The van der Waals surface area contributed by atoms with E-state index in [4.69, 9.17) is 16.7 Å². The smallest absolute Gasteiger partial charge is 0.251 e. The third kappa shape index (κ3) is 11.3. The quantitative estimate of drug-likeness (QED) is 0.0550. The van der Waals surface area contributed by atoms with E-state index in [-0.39, 0.29) is 29.4 Å². The molecule has 2 aliphatic rings. The van der Waals surface area contributed by atoms with Crippen molar-refractivity contribution < 1.29 is 24.2 Å². The molecule has 4 aromatic heterocycles. The second-order valence-electron chi connectivity index (χ2n) is 18.2. The summed E-state index contributed by atoms with van der Waals surface area (Å²) in [5, 5.41) is 45.4. The van der Waals surface area contributed by atoms with Crippen molar-refractivity contribution in [1.29, 1.82) is 0 Å². The minimum absolute atomic E-state index is 0.0198. The number of aryl methyl sites for hydroxylation is 2. The van der Waals surface area contributed by atoms with Gasteiger partial charge in [-0.25, -0.2) is 23.4 Å². The van der Waals surface area contributed by atoms with Gasteiger partial charge in [-0.2, -0.15) is 5.10 Å². The Hall–Kier alpha value is -6.14. The third-order valence-electron chi connectivity index (χ3n) is 10.9. The van der Waals surface area contributed by atoms with Gasteiger partial charge < -0.3 is 36.8 Å². The summed E-state index contributed by atoms with van der Waals surface area (Å²) in [6.07, 6.45) is 7.66. The molecule has 0 spiro atoms. The number of imidazole rings is 2. The molecule has 3 aromatic carbocycles. The lowest BCUT2D eigenvalue weighted by Crippen LogP contribution is -2.29.